The quantitative estimate of drug-likeness (QED) is 0.927. The molecule has 0 spiro atoms. The van der Waals surface area contributed by atoms with Crippen LogP contribution in [0.4, 0.5) is 0 Å². The van der Waals surface area contributed by atoms with Crippen molar-refractivity contribution in [3.8, 4) is 5.75 Å². The molecule has 1 aliphatic heterocycles. The molecule has 1 unspecified atom stereocenters. The van der Waals surface area contributed by atoms with Crippen molar-refractivity contribution in [3.05, 3.63) is 42.0 Å². The van der Waals surface area contributed by atoms with E-state index in [0.29, 0.717) is 0 Å². The highest BCUT2D eigenvalue weighted by Gasteiger charge is 2.29. The minimum Gasteiger partial charge on any atom is -0.496 e. The third-order valence-electron chi connectivity index (χ3n) is 4.13. The van der Waals surface area contributed by atoms with Gasteiger partial charge in [-0.3, -0.25) is 0 Å². The van der Waals surface area contributed by atoms with Gasteiger partial charge in [-0.15, -0.1) is 0 Å². The van der Waals surface area contributed by atoms with Crippen LogP contribution in [-0.4, -0.2) is 25.9 Å². The Morgan fingerprint density at radius 3 is 2.85 bits per heavy atom. The predicted molar refractivity (Wildman–Crippen MR) is 81.2 cm³/mol. The summed E-state index contributed by atoms with van der Waals surface area (Å²) in [5.74, 6) is 0.943. The van der Waals surface area contributed by atoms with Gasteiger partial charge in [0, 0.05) is 24.3 Å². The Morgan fingerprint density at radius 1 is 1.25 bits per heavy atom. The fraction of sp³-hybridized carbons (Fsp3) is 0.412. The number of benzene rings is 2. The first-order valence-corrected chi connectivity index (χ1v) is 7.09. The second-order valence-corrected chi connectivity index (χ2v) is 5.68. The van der Waals surface area contributed by atoms with Crippen LogP contribution in [0.25, 0.3) is 10.8 Å². The monoisotopic (exact) mass is 271 g/mol. The maximum atomic E-state index is 5.53. The van der Waals surface area contributed by atoms with E-state index in [1.807, 2.05) is 6.07 Å². The van der Waals surface area contributed by atoms with E-state index in [4.69, 9.17) is 9.47 Å². The molecular weight excluding hydrogens is 250 g/mol. The van der Waals surface area contributed by atoms with Crippen LogP contribution in [0.5, 0.6) is 5.75 Å². The molecule has 0 saturated carbocycles. The number of fused-ring (bicyclic) bond motifs is 1. The topological polar surface area (TPSA) is 30.5 Å². The molecule has 0 amide bonds. The molecule has 0 aliphatic carbocycles. The van der Waals surface area contributed by atoms with E-state index < -0.39 is 0 Å². The maximum Gasteiger partial charge on any atom is 0.123 e. The van der Waals surface area contributed by atoms with Crippen molar-refractivity contribution in [2.45, 2.75) is 25.4 Å². The molecule has 1 N–H and O–H groups in total. The number of nitrogens with one attached hydrogen (secondary N) is 1. The molecule has 3 nitrogen and oxygen atoms in total. The van der Waals surface area contributed by atoms with Gasteiger partial charge in [-0.2, -0.15) is 0 Å². The van der Waals surface area contributed by atoms with Crippen LogP contribution < -0.4 is 10.1 Å². The van der Waals surface area contributed by atoms with Gasteiger partial charge in [0.1, 0.15) is 5.75 Å². The summed E-state index contributed by atoms with van der Waals surface area (Å²) in [6, 6.07) is 12.6. The molecule has 0 aromatic heterocycles. The lowest BCUT2D eigenvalue weighted by molar-refractivity contribution is 0.171. The SMILES string of the molecule is COc1ccc2ccccc2c1CNC1(C)CCOC1. The molecule has 1 atom stereocenters. The summed E-state index contributed by atoms with van der Waals surface area (Å²) in [5, 5.41) is 6.14. The molecule has 3 heteroatoms. The molecule has 2 aromatic rings. The van der Waals surface area contributed by atoms with Crippen molar-refractivity contribution < 1.29 is 9.47 Å². The van der Waals surface area contributed by atoms with E-state index in [-0.39, 0.29) is 5.54 Å². The van der Waals surface area contributed by atoms with Crippen LogP contribution in [0, 0.1) is 0 Å². The largest absolute Gasteiger partial charge is 0.496 e. The minimum atomic E-state index is 0.0714. The third-order valence-corrected chi connectivity index (χ3v) is 4.13. The van der Waals surface area contributed by atoms with E-state index in [2.05, 4.69) is 42.6 Å². The minimum absolute atomic E-state index is 0.0714. The molecule has 106 valence electrons. The van der Waals surface area contributed by atoms with E-state index in [1.165, 1.54) is 16.3 Å². The fourth-order valence-electron chi connectivity index (χ4n) is 2.80. The van der Waals surface area contributed by atoms with Crippen LogP contribution in [0.15, 0.2) is 36.4 Å². The van der Waals surface area contributed by atoms with E-state index >= 15 is 0 Å². The third kappa shape index (κ3) is 2.51. The van der Waals surface area contributed by atoms with E-state index in [9.17, 15) is 0 Å². The zero-order valence-corrected chi connectivity index (χ0v) is 12.1. The molecule has 3 rings (SSSR count). The Balaban J connectivity index is 1.92. The first-order chi connectivity index (χ1) is 9.72. The highest BCUT2D eigenvalue weighted by Crippen LogP contribution is 2.29. The molecule has 0 bridgehead atoms. The van der Waals surface area contributed by atoms with Crippen molar-refractivity contribution in [2.75, 3.05) is 20.3 Å². The number of ether oxygens (including phenoxy) is 2. The number of rotatable bonds is 4. The normalized spacial score (nSPS) is 22.3. The summed E-state index contributed by atoms with van der Waals surface area (Å²) in [6.07, 6.45) is 1.06. The summed E-state index contributed by atoms with van der Waals surface area (Å²) in [5.41, 5.74) is 1.29. The number of methoxy groups -OCH3 is 1. The Labute approximate surface area is 119 Å². The first kappa shape index (κ1) is 13.4. The van der Waals surface area contributed by atoms with Crippen LogP contribution >= 0.6 is 0 Å². The lowest BCUT2D eigenvalue weighted by Crippen LogP contribution is -2.42. The van der Waals surface area contributed by atoms with Gasteiger partial charge in [0.05, 0.1) is 13.7 Å². The molecule has 1 aliphatic rings. The molecule has 0 radical (unpaired) electrons. The molecule has 1 heterocycles. The summed E-state index contributed by atoms with van der Waals surface area (Å²) in [7, 11) is 1.73. The van der Waals surface area contributed by atoms with Crippen LogP contribution in [-0.2, 0) is 11.3 Å². The van der Waals surface area contributed by atoms with Crippen molar-refractivity contribution in [3.63, 3.8) is 0 Å². The van der Waals surface area contributed by atoms with Gasteiger partial charge in [0.2, 0.25) is 0 Å². The summed E-state index contributed by atoms with van der Waals surface area (Å²) >= 11 is 0. The Kier molecular flexibility index (Phi) is 3.64. The predicted octanol–water partition coefficient (Wildman–Crippen LogP) is 3.12. The maximum absolute atomic E-state index is 5.53. The molecule has 20 heavy (non-hydrogen) atoms. The molecule has 1 fully saturated rings. The Hall–Kier alpha value is -1.58. The Morgan fingerprint density at radius 2 is 2.10 bits per heavy atom. The summed E-state index contributed by atoms with van der Waals surface area (Å²) in [4.78, 5) is 0. The smallest absolute Gasteiger partial charge is 0.123 e. The highest BCUT2D eigenvalue weighted by atomic mass is 16.5. The second kappa shape index (κ2) is 5.43. The zero-order chi connectivity index (χ0) is 14.0. The van der Waals surface area contributed by atoms with Gasteiger partial charge in [0.15, 0.2) is 0 Å². The zero-order valence-electron chi connectivity index (χ0n) is 12.1. The molecular formula is C17H21NO2. The van der Waals surface area contributed by atoms with Crippen LogP contribution in [0.2, 0.25) is 0 Å². The van der Waals surface area contributed by atoms with Crippen LogP contribution in [0.1, 0.15) is 18.9 Å². The van der Waals surface area contributed by atoms with Crippen molar-refractivity contribution in [1.82, 2.24) is 5.32 Å². The lowest BCUT2D eigenvalue weighted by Gasteiger charge is -2.24. The van der Waals surface area contributed by atoms with Crippen molar-refractivity contribution in [2.24, 2.45) is 0 Å². The van der Waals surface area contributed by atoms with Gasteiger partial charge in [-0.1, -0.05) is 30.3 Å². The van der Waals surface area contributed by atoms with Crippen LogP contribution in [0.3, 0.4) is 0 Å². The molecule has 1 saturated heterocycles. The Bertz CT molecular complexity index is 603. The highest BCUT2D eigenvalue weighted by molar-refractivity contribution is 5.87. The van der Waals surface area contributed by atoms with E-state index in [1.54, 1.807) is 7.11 Å². The lowest BCUT2D eigenvalue weighted by atomic mass is 9.99. The van der Waals surface area contributed by atoms with Gasteiger partial charge < -0.3 is 14.8 Å². The average molecular weight is 271 g/mol. The van der Waals surface area contributed by atoms with Gasteiger partial charge in [0.25, 0.3) is 0 Å². The first-order valence-electron chi connectivity index (χ1n) is 7.09. The fourth-order valence-corrected chi connectivity index (χ4v) is 2.80. The van der Waals surface area contributed by atoms with Gasteiger partial charge in [-0.25, -0.2) is 0 Å². The van der Waals surface area contributed by atoms with Gasteiger partial charge in [-0.05, 0) is 30.2 Å². The van der Waals surface area contributed by atoms with E-state index in [0.717, 1.165) is 31.9 Å². The number of hydrogen-bond acceptors (Lipinski definition) is 3. The van der Waals surface area contributed by atoms with Crippen molar-refractivity contribution in [1.29, 1.82) is 0 Å². The second-order valence-electron chi connectivity index (χ2n) is 5.68. The average Bonchev–Trinajstić information content (AvgIpc) is 2.91. The summed E-state index contributed by atoms with van der Waals surface area (Å²) in [6.45, 7) is 4.64. The van der Waals surface area contributed by atoms with Gasteiger partial charge >= 0.3 is 0 Å². The summed E-state index contributed by atoms with van der Waals surface area (Å²) < 4.78 is 11.0. The number of hydrogen-bond donors (Lipinski definition) is 1. The van der Waals surface area contributed by atoms with Crippen molar-refractivity contribution >= 4 is 10.8 Å². The molecule has 2 aromatic carbocycles. The standard InChI is InChI=1S/C17H21NO2/c1-17(9-10-20-12-17)18-11-15-14-6-4-3-5-13(14)7-8-16(15)19-2/h3-8,18H,9-12H2,1-2H3.